The Morgan fingerprint density at radius 3 is 2.50 bits per heavy atom. The maximum atomic E-state index is 12.0. The molecule has 0 saturated carbocycles. The molecule has 1 saturated heterocycles. The van der Waals surface area contributed by atoms with Gasteiger partial charge in [-0.1, -0.05) is 27.2 Å². The quantitative estimate of drug-likeness (QED) is 0.785. The van der Waals surface area contributed by atoms with Crippen LogP contribution in [0.1, 0.15) is 52.9 Å². The van der Waals surface area contributed by atoms with E-state index in [1.807, 2.05) is 4.90 Å². The van der Waals surface area contributed by atoms with Crippen molar-refractivity contribution in [2.45, 2.75) is 58.9 Å². The van der Waals surface area contributed by atoms with E-state index in [0.29, 0.717) is 6.04 Å². The fourth-order valence-electron chi connectivity index (χ4n) is 2.20. The van der Waals surface area contributed by atoms with Crippen molar-refractivity contribution >= 4 is 6.03 Å². The van der Waals surface area contributed by atoms with Gasteiger partial charge in [0.1, 0.15) is 0 Å². The van der Waals surface area contributed by atoms with Crippen molar-refractivity contribution in [3.05, 3.63) is 0 Å². The molecule has 1 aliphatic heterocycles. The van der Waals surface area contributed by atoms with Gasteiger partial charge in [0.05, 0.1) is 0 Å². The maximum absolute atomic E-state index is 12.0. The first-order chi connectivity index (χ1) is 7.67. The van der Waals surface area contributed by atoms with Crippen LogP contribution in [0.5, 0.6) is 0 Å². The van der Waals surface area contributed by atoms with Gasteiger partial charge in [0.25, 0.3) is 0 Å². The average molecular weight is 226 g/mol. The first kappa shape index (κ1) is 13.3. The normalized spacial score (nSPS) is 19.6. The molecule has 16 heavy (non-hydrogen) atoms. The Bertz CT molecular complexity index is 210. The summed E-state index contributed by atoms with van der Waals surface area (Å²) in [6.07, 6.45) is 5.56. The number of rotatable bonds is 4. The molecule has 0 aliphatic carbocycles. The third-order valence-corrected chi connectivity index (χ3v) is 3.53. The highest BCUT2D eigenvalue weighted by Gasteiger charge is 2.21. The van der Waals surface area contributed by atoms with Gasteiger partial charge in [-0.05, 0) is 31.6 Å². The Balaban J connectivity index is 2.33. The fraction of sp³-hybridized carbons (Fsp3) is 0.923. The first-order valence-electron chi connectivity index (χ1n) is 6.72. The van der Waals surface area contributed by atoms with Gasteiger partial charge >= 0.3 is 6.03 Å². The number of carbonyl (C=O) groups is 1. The second kappa shape index (κ2) is 6.77. The molecule has 0 bridgehead atoms. The molecule has 0 aromatic heterocycles. The summed E-state index contributed by atoms with van der Waals surface area (Å²) >= 11 is 0. The summed E-state index contributed by atoms with van der Waals surface area (Å²) in [4.78, 5) is 13.9. The Morgan fingerprint density at radius 1 is 1.38 bits per heavy atom. The van der Waals surface area contributed by atoms with Crippen LogP contribution in [0.4, 0.5) is 4.79 Å². The molecule has 0 spiro atoms. The van der Waals surface area contributed by atoms with E-state index in [2.05, 4.69) is 26.1 Å². The van der Waals surface area contributed by atoms with E-state index in [0.717, 1.165) is 51.1 Å². The van der Waals surface area contributed by atoms with Crippen LogP contribution < -0.4 is 5.32 Å². The second-order valence-corrected chi connectivity index (χ2v) is 5.01. The van der Waals surface area contributed by atoms with Crippen molar-refractivity contribution in [3.63, 3.8) is 0 Å². The number of hydrogen-bond acceptors (Lipinski definition) is 1. The third kappa shape index (κ3) is 4.03. The summed E-state index contributed by atoms with van der Waals surface area (Å²) in [5.74, 6) is 0.779. The lowest BCUT2D eigenvalue weighted by molar-refractivity contribution is 0.169. The molecular formula is C13H26N2O. The Morgan fingerprint density at radius 2 is 2.00 bits per heavy atom. The van der Waals surface area contributed by atoms with Crippen molar-refractivity contribution in [1.29, 1.82) is 0 Å². The molecule has 1 N–H and O–H groups in total. The minimum absolute atomic E-state index is 0.146. The van der Waals surface area contributed by atoms with Gasteiger partial charge in [0.15, 0.2) is 0 Å². The number of nitrogens with one attached hydrogen (secondary N) is 1. The molecule has 0 radical (unpaired) electrons. The van der Waals surface area contributed by atoms with Gasteiger partial charge in [-0.3, -0.25) is 0 Å². The van der Waals surface area contributed by atoms with Crippen LogP contribution in [0.3, 0.4) is 0 Å². The topological polar surface area (TPSA) is 32.3 Å². The van der Waals surface area contributed by atoms with Gasteiger partial charge in [0, 0.05) is 19.1 Å². The zero-order chi connectivity index (χ0) is 12.0. The molecule has 3 nitrogen and oxygen atoms in total. The molecule has 1 aliphatic rings. The van der Waals surface area contributed by atoms with Gasteiger partial charge in [-0.15, -0.1) is 0 Å². The number of nitrogens with zero attached hydrogens (tertiary/aromatic N) is 1. The molecule has 94 valence electrons. The third-order valence-electron chi connectivity index (χ3n) is 3.53. The zero-order valence-corrected chi connectivity index (χ0v) is 11.0. The fourth-order valence-corrected chi connectivity index (χ4v) is 2.20. The molecule has 0 aromatic rings. The first-order valence-corrected chi connectivity index (χ1v) is 6.72. The smallest absolute Gasteiger partial charge is 0.317 e. The molecular weight excluding hydrogens is 200 g/mol. The van der Waals surface area contributed by atoms with E-state index < -0.39 is 0 Å². The van der Waals surface area contributed by atoms with E-state index in [1.54, 1.807) is 0 Å². The second-order valence-electron chi connectivity index (χ2n) is 5.01. The Kier molecular flexibility index (Phi) is 5.64. The van der Waals surface area contributed by atoms with Crippen molar-refractivity contribution in [3.8, 4) is 0 Å². The largest absolute Gasteiger partial charge is 0.335 e. The highest BCUT2D eigenvalue weighted by Crippen LogP contribution is 2.16. The SMILES string of the molecule is CCCC(CC)NC(=O)N1CCC(C)CC1. The predicted octanol–water partition coefficient (Wildman–Crippen LogP) is 3.01. The molecule has 3 heteroatoms. The van der Waals surface area contributed by atoms with Crippen molar-refractivity contribution in [2.75, 3.05) is 13.1 Å². The summed E-state index contributed by atoms with van der Waals surface area (Å²) in [5.41, 5.74) is 0. The number of piperidine rings is 1. The number of amides is 2. The van der Waals surface area contributed by atoms with Crippen LogP contribution in [0.25, 0.3) is 0 Å². The van der Waals surface area contributed by atoms with Crippen LogP contribution in [0.2, 0.25) is 0 Å². The number of carbonyl (C=O) groups excluding carboxylic acids is 1. The maximum Gasteiger partial charge on any atom is 0.317 e. The summed E-state index contributed by atoms with van der Waals surface area (Å²) < 4.78 is 0. The molecule has 2 amide bonds. The van der Waals surface area contributed by atoms with E-state index in [1.165, 1.54) is 0 Å². The molecule has 0 aromatic carbocycles. The Hall–Kier alpha value is -0.730. The molecule has 1 heterocycles. The lowest BCUT2D eigenvalue weighted by atomic mass is 9.99. The number of urea groups is 1. The summed E-state index contributed by atoms with van der Waals surface area (Å²) in [7, 11) is 0. The summed E-state index contributed by atoms with van der Waals surface area (Å²) in [6, 6.07) is 0.504. The standard InChI is InChI=1S/C13H26N2O/c1-4-6-12(5-2)14-13(16)15-9-7-11(3)8-10-15/h11-12H,4-10H2,1-3H3,(H,14,16). The van der Waals surface area contributed by atoms with E-state index >= 15 is 0 Å². The monoisotopic (exact) mass is 226 g/mol. The molecule has 1 rings (SSSR count). The average Bonchev–Trinajstić information content (AvgIpc) is 2.29. The van der Waals surface area contributed by atoms with Crippen LogP contribution in [-0.2, 0) is 0 Å². The van der Waals surface area contributed by atoms with E-state index in [-0.39, 0.29) is 6.03 Å². The molecule has 1 fully saturated rings. The Labute approximate surface area is 99.6 Å². The van der Waals surface area contributed by atoms with Crippen LogP contribution in [0, 0.1) is 5.92 Å². The van der Waals surface area contributed by atoms with Crippen LogP contribution in [-0.4, -0.2) is 30.1 Å². The minimum Gasteiger partial charge on any atom is -0.335 e. The van der Waals surface area contributed by atoms with E-state index in [4.69, 9.17) is 0 Å². The van der Waals surface area contributed by atoms with E-state index in [9.17, 15) is 4.79 Å². The van der Waals surface area contributed by atoms with Crippen LogP contribution in [0.15, 0.2) is 0 Å². The minimum atomic E-state index is 0.146. The number of likely N-dealkylation sites (tertiary alicyclic amines) is 1. The lowest BCUT2D eigenvalue weighted by Gasteiger charge is -2.31. The summed E-state index contributed by atoms with van der Waals surface area (Å²) in [6.45, 7) is 8.42. The lowest BCUT2D eigenvalue weighted by Crippen LogP contribution is -2.47. The molecule has 1 atom stereocenters. The van der Waals surface area contributed by atoms with Crippen LogP contribution >= 0.6 is 0 Å². The van der Waals surface area contributed by atoms with Crippen molar-refractivity contribution in [2.24, 2.45) is 5.92 Å². The van der Waals surface area contributed by atoms with Crippen molar-refractivity contribution in [1.82, 2.24) is 10.2 Å². The van der Waals surface area contributed by atoms with Gasteiger partial charge < -0.3 is 10.2 Å². The van der Waals surface area contributed by atoms with Gasteiger partial charge in [-0.25, -0.2) is 4.79 Å². The highest BCUT2D eigenvalue weighted by molar-refractivity contribution is 5.74. The van der Waals surface area contributed by atoms with Crippen molar-refractivity contribution < 1.29 is 4.79 Å². The highest BCUT2D eigenvalue weighted by atomic mass is 16.2. The predicted molar refractivity (Wildman–Crippen MR) is 67.5 cm³/mol. The van der Waals surface area contributed by atoms with Gasteiger partial charge in [0.2, 0.25) is 0 Å². The molecule has 1 unspecified atom stereocenters. The zero-order valence-electron chi connectivity index (χ0n) is 11.0. The number of hydrogen-bond donors (Lipinski definition) is 1. The van der Waals surface area contributed by atoms with Gasteiger partial charge in [-0.2, -0.15) is 0 Å². The summed E-state index contributed by atoms with van der Waals surface area (Å²) in [5, 5.41) is 3.14.